The second kappa shape index (κ2) is 4.32. The Labute approximate surface area is 90.9 Å². The number of hydrogen-bond donors (Lipinski definition) is 0. The van der Waals surface area contributed by atoms with Crippen LogP contribution in [0.4, 0.5) is 8.78 Å². The Balaban J connectivity index is 3.06. The lowest BCUT2D eigenvalue weighted by Crippen LogP contribution is -1.78. The van der Waals surface area contributed by atoms with Crippen LogP contribution in [0.5, 0.6) is 0 Å². The summed E-state index contributed by atoms with van der Waals surface area (Å²) in [5.74, 6) is 0. The average Bonchev–Trinajstić information content (AvgIpc) is 2.04. The number of hydrogen-bond acceptors (Lipinski definition) is 0. The Morgan fingerprint density at radius 1 is 1.17 bits per heavy atom. The summed E-state index contributed by atoms with van der Waals surface area (Å²) in [5, 5.41) is 0. The molecule has 0 aliphatic carbocycles. The molecule has 0 heterocycles. The van der Waals surface area contributed by atoms with Gasteiger partial charge in [0.15, 0.2) is 0 Å². The Morgan fingerprint density at radius 2 is 1.67 bits per heavy atom. The van der Waals surface area contributed by atoms with Crippen LogP contribution < -0.4 is 0 Å². The molecule has 0 radical (unpaired) electrons. The molecule has 0 spiro atoms. The Morgan fingerprint density at radius 3 is 2.08 bits per heavy atom. The van der Waals surface area contributed by atoms with Crippen LogP contribution in [0.3, 0.4) is 0 Å². The highest BCUT2D eigenvalue weighted by molar-refractivity contribution is 14.1. The maximum Gasteiger partial charge on any atom is 0.284 e. The van der Waals surface area contributed by atoms with Crippen molar-refractivity contribution in [1.29, 1.82) is 0 Å². The summed E-state index contributed by atoms with van der Waals surface area (Å²) in [4.78, 5) is 0. The standard InChI is InChI=1S/C8H4BrF2I/c9-7(8(10)11)5-1-3-6(12)4-2-5/h1-4H. The van der Waals surface area contributed by atoms with Gasteiger partial charge in [0.25, 0.3) is 6.08 Å². The molecule has 0 amide bonds. The molecule has 1 rings (SSSR count). The highest BCUT2D eigenvalue weighted by Crippen LogP contribution is 2.26. The molecule has 1 aromatic rings. The third-order valence-electron chi connectivity index (χ3n) is 1.26. The van der Waals surface area contributed by atoms with E-state index in [1.165, 1.54) is 0 Å². The first-order valence-corrected chi connectivity index (χ1v) is 4.95. The summed E-state index contributed by atoms with van der Waals surface area (Å²) in [6.45, 7) is 0. The fraction of sp³-hybridized carbons (Fsp3) is 0. The van der Waals surface area contributed by atoms with Gasteiger partial charge in [0.05, 0.1) is 4.48 Å². The van der Waals surface area contributed by atoms with Crippen LogP contribution in [0.1, 0.15) is 5.56 Å². The van der Waals surface area contributed by atoms with Gasteiger partial charge in [0.2, 0.25) is 0 Å². The van der Waals surface area contributed by atoms with Crippen molar-refractivity contribution in [2.45, 2.75) is 0 Å². The molecule has 1 aromatic carbocycles. The fourth-order valence-corrected chi connectivity index (χ4v) is 1.33. The van der Waals surface area contributed by atoms with Gasteiger partial charge in [-0.05, 0) is 56.2 Å². The first-order valence-electron chi connectivity index (χ1n) is 3.08. The second-order valence-corrected chi connectivity index (χ2v) is 4.12. The molecule has 64 valence electrons. The van der Waals surface area contributed by atoms with Gasteiger partial charge in [-0.2, -0.15) is 8.78 Å². The lowest BCUT2D eigenvalue weighted by atomic mass is 10.2. The average molecular weight is 345 g/mol. The maximum atomic E-state index is 12.0. The van der Waals surface area contributed by atoms with E-state index in [1.54, 1.807) is 24.3 Å². The zero-order valence-electron chi connectivity index (χ0n) is 5.82. The van der Waals surface area contributed by atoms with Gasteiger partial charge in [-0.15, -0.1) is 0 Å². The summed E-state index contributed by atoms with van der Waals surface area (Å²) in [7, 11) is 0. The van der Waals surface area contributed by atoms with Crippen LogP contribution in [0.25, 0.3) is 4.48 Å². The van der Waals surface area contributed by atoms with Crippen molar-refractivity contribution in [1.82, 2.24) is 0 Å². The van der Waals surface area contributed by atoms with E-state index in [2.05, 4.69) is 38.5 Å². The van der Waals surface area contributed by atoms with Crippen LogP contribution in [-0.4, -0.2) is 0 Å². The minimum Gasteiger partial charge on any atom is -0.172 e. The normalized spacial score (nSPS) is 9.67. The summed E-state index contributed by atoms with van der Waals surface area (Å²) in [6, 6.07) is 6.84. The van der Waals surface area contributed by atoms with Gasteiger partial charge in [-0.25, -0.2) is 0 Å². The molecule has 0 saturated carbocycles. The minimum absolute atomic E-state index is 0.140. The predicted molar refractivity (Wildman–Crippen MR) is 57.2 cm³/mol. The Kier molecular flexibility index (Phi) is 3.64. The SMILES string of the molecule is FC(F)=C(Br)c1ccc(I)cc1. The van der Waals surface area contributed by atoms with E-state index in [0.717, 1.165) is 3.57 Å². The van der Waals surface area contributed by atoms with Crippen molar-refractivity contribution in [3.63, 3.8) is 0 Å². The zero-order valence-corrected chi connectivity index (χ0v) is 9.56. The monoisotopic (exact) mass is 344 g/mol. The molecule has 0 aliphatic heterocycles. The highest BCUT2D eigenvalue weighted by Gasteiger charge is 2.04. The summed E-state index contributed by atoms with van der Waals surface area (Å²) in [5.41, 5.74) is 0.496. The molecule has 0 bridgehead atoms. The van der Waals surface area contributed by atoms with Crippen LogP contribution in [0, 0.1) is 3.57 Å². The van der Waals surface area contributed by atoms with Gasteiger partial charge >= 0.3 is 0 Å². The fourth-order valence-electron chi connectivity index (χ4n) is 0.705. The molecular weight excluding hydrogens is 341 g/mol. The van der Waals surface area contributed by atoms with E-state index >= 15 is 0 Å². The molecule has 0 atom stereocenters. The van der Waals surface area contributed by atoms with Gasteiger partial charge < -0.3 is 0 Å². The summed E-state index contributed by atoms with van der Waals surface area (Å²) >= 11 is 4.92. The van der Waals surface area contributed by atoms with Crippen LogP contribution in [0.2, 0.25) is 0 Å². The summed E-state index contributed by atoms with van der Waals surface area (Å²) < 4.78 is 25.0. The lowest BCUT2D eigenvalue weighted by molar-refractivity contribution is 0.428. The first-order chi connectivity index (χ1) is 5.61. The number of halogens is 4. The largest absolute Gasteiger partial charge is 0.284 e. The molecule has 0 N–H and O–H groups in total. The van der Waals surface area contributed by atoms with Crippen LogP contribution >= 0.6 is 38.5 Å². The molecular formula is C8H4BrF2I. The Hall–Kier alpha value is 0.0300. The zero-order chi connectivity index (χ0) is 9.14. The Bertz CT molecular complexity index is 301. The highest BCUT2D eigenvalue weighted by atomic mass is 127. The topological polar surface area (TPSA) is 0 Å². The lowest BCUT2D eigenvalue weighted by Gasteiger charge is -1.97. The van der Waals surface area contributed by atoms with Gasteiger partial charge in [0, 0.05) is 3.57 Å². The van der Waals surface area contributed by atoms with E-state index in [0.29, 0.717) is 5.56 Å². The molecule has 0 aliphatic rings. The quantitative estimate of drug-likeness (QED) is 0.668. The minimum atomic E-state index is -1.70. The van der Waals surface area contributed by atoms with Crippen LogP contribution in [0.15, 0.2) is 30.3 Å². The summed E-state index contributed by atoms with van der Waals surface area (Å²) in [6.07, 6.45) is -1.70. The van der Waals surface area contributed by atoms with E-state index in [-0.39, 0.29) is 4.48 Å². The van der Waals surface area contributed by atoms with Crippen molar-refractivity contribution < 1.29 is 8.78 Å². The first kappa shape index (κ1) is 10.1. The second-order valence-electron chi connectivity index (χ2n) is 2.08. The molecule has 0 saturated heterocycles. The predicted octanol–water partition coefficient (Wildman–Crippen LogP) is 4.25. The molecule has 4 heteroatoms. The van der Waals surface area contributed by atoms with Crippen molar-refractivity contribution in [3.8, 4) is 0 Å². The van der Waals surface area contributed by atoms with Crippen LogP contribution in [-0.2, 0) is 0 Å². The number of rotatable bonds is 1. The van der Waals surface area contributed by atoms with E-state index in [1.807, 2.05) is 0 Å². The van der Waals surface area contributed by atoms with Crippen molar-refractivity contribution in [3.05, 3.63) is 39.5 Å². The van der Waals surface area contributed by atoms with Gasteiger partial charge in [0.1, 0.15) is 0 Å². The third kappa shape index (κ3) is 2.52. The molecule has 0 aromatic heterocycles. The van der Waals surface area contributed by atoms with E-state index in [9.17, 15) is 8.78 Å². The van der Waals surface area contributed by atoms with Gasteiger partial charge in [-0.3, -0.25) is 0 Å². The molecule has 0 nitrogen and oxygen atoms in total. The third-order valence-corrected chi connectivity index (χ3v) is 2.74. The smallest absolute Gasteiger partial charge is 0.172 e. The maximum absolute atomic E-state index is 12.0. The van der Waals surface area contributed by atoms with E-state index < -0.39 is 6.08 Å². The van der Waals surface area contributed by atoms with Gasteiger partial charge in [-0.1, -0.05) is 12.1 Å². The van der Waals surface area contributed by atoms with Crippen molar-refractivity contribution in [2.75, 3.05) is 0 Å². The number of benzene rings is 1. The molecule has 12 heavy (non-hydrogen) atoms. The molecule has 0 fully saturated rings. The van der Waals surface area contributed by atoms with Crippen molar-refractivity contribution >= 4 is 43.0 Å². The van der Waals surface area contributed by atoms with E-state index in [4.69, 9.17) is 0 Å². The van der Waals surface area contributed by atoms with Crippen molar-refractivity contribution in [2.24, 2.45) is 0 Å². The molecule has 0 unspecified atom stereocenters.